The van der Waals surface area contributed by atoms with Crippen LogP contribution in [-0.2, 0) is 9.53 Å². The minimum atomic E-state index is -0.0200. The molecule has 0 aromatic carbocycles. The van der Waals surface area contributed by atoms with Gasteiger partial charge in [-0.05, 0) is 18.8 Å². The van der Waals surface area contributed by atoms with Crippen molar-refractivity contribution in [2.24, 2.45) is 5.92 Å². The van der Waals surface area contributed by atoms with E-state index >= 15 is 0 Å². The average Bonchev–Trinajstić information content (AvgIpc) is 2.16. The summed E-state index contributed by atoms with van der Waals surface area (Å²) in [4.78, 5) is 11.2. The highest BCUT2D eigenvalue weighted by molar-refractivity contribution is 5.76. The predicted octanol–water partition coefficient (Wildman–Crippen LogP) is 0.443. The maximum Gasteiger partial charge on any atom is 0.221 e. The normalized spacial score (nSPS) is 17.8. The topological polar surface area (TPSA) is 62.1 Å². The first-order valence-electron chi connectivity index (χ1n) is 4.54. The van der Waals surface area contributed by atoms with E-state index < -0.39 is 0 Å². The summed E-state index contributed by atoms with van der Waals surface area (Å²) >= 11 is 0. The molecule has 4 nitrogen and oxygen atoms in total. The lowest BCUT2D eigenvalue weighted by Crippen LogP contribution is -2.28. The van der Waals surface area contributed by atoms with Crippen LogP contribution in [0.1, 0.15) is 19.3 Å². The number of hydrogen-bond donors (Lipinski definition) is 1. The lowest BCUT2D eigenvalue weighted by Gasteiger charge is -2.20. The summed E-state index contributed by atoms with van der Waals surface area (Å²) < 4.78 is 5.18. The quantitative estimate of drug-likeness (QED) is 0.644. The van der Waals surface area contributed by atoms with Crippen molar-refractivity contribution in [1.29, 1.82) is 5.26 Å². The fourth-order valence-corrected chi connectivity index (χ4v) is 1.42. The highest BCUT2D eigenvalue weighted by Gasteiger charge is 2.16. The van der Waals surface area contributed by atoms with Crippen molar-refractivity contribution in [3.63, 3.8) is 0 Å². The summed E-state index contributed by atoms with van der Waals surface area (Å²) in [6.07, 6.45) is 2.45. The van der Waals surface area contributed by atoms with E-state index in [2.05, 4.69) is 5.32 Å². The predicted molar refractivity (Wildman–Crippen MR) is 46.8 cm³/mol. The van der Waals surface area contributed by atoms with E-state index in [0.29, 0.717) is 12.3 Å². The van der Waals surface area contributed by atoms with Crippen LogP contribution in [0, 0.1) is 17.2 Å². The molecule has 0 aromatic rings. The highest BCUT2D eigenvalue weighted by Crippen LogP contribution is 2.17. The molecule has 0 atom stereocenters. The number of ether oxygens (including phenoxy) is 1. The molecule has 1 aliphatic rings. The lowest BCUT2D eigenvalue weighted by molar-refractivity contribution is -0.122. The Labute approximate surface area is 77.9 Å². The molecule has 1 fully saturated rings. The number of nitriles is 1. The molecule has 72 valence electrons. The average molecular weight is 182 g/mol. The number of rotatable bonds is 3. The molecular weight excluding hydrogens is 168 g/mol. The van der Waals surface area contributed by atoms with Crippen molar-refractivity contribution in [2.45, 2.75) is 19.3 Å². The van der Waals surface area contributed by atoms with Gasteiger partial charge >= 0.3 is 0 Å². The molecule has 0 bridgehead atoms. The van der Waals surface area contributed by atoms with Crippen LogP contribution >= 0.6 is 0 Å². The standard InChI is InChI=1S/C9H14N2O2/c10-3-4-11-9(12)7-8-1-5-13-6-2-8/h8H,1-2,4-7H2,(H,11,12). The molecule has 0 radical (unpaired) electrons. The van der Waals surface area contributed by atoms with Crippen molar-refractivity contribution in [3.05, 3.63) is 0 Å². The van der Waals surface area contributed by atoms with Crippen molar-refractivity contribution < 1.29 is 9.53 Å². The molecule has 0 aliphatic carbocycles. The molecule has 1 amide bonds. The fraction of sp³-hybridized carbons (Fsp3) is 0.778. The van der Waals surface area contributed by atoms with Gasteiger partial charge in [-0.1, -0.05) is 0 Å². The lowest BCUT2D eigenvalue weighted by atomic mass is 9.96. The van der Waals surface area contributed by atoms with E-state index in [1.165, 1.54) is 0 Å². The van der Waals surface area contributed by atoms with Crippen LogP contribution in [0.5, 0.6) is 0 Å². The Balaban J connectivity index is 2.15. The summed E-state index contributed by atoms with van der Waals surface area (Å²) in [6, 6.07) is 1.88. The smallest absolute Gasteiger partial charge is 0.221 e. The monoisotopic (exact) mass is 182 g/mol. The maximum absolute atomic E-state index is 11.2. The summed E-state index contributed by atoms with van der Waals surface area (Å²) in [6.45, 7) is 1.63. The van der Waals surface area contributed by atoms with E-state index in [1.807, 2.05) is 6.07 Å². The highest BCUT2D eigenvalue weighted by atomic mass is 16.5. The van der Waals surface area contributed by atoms with E-state index in [1.54, 1.807) is 0 Å². The molecular formula is C9H14N2O2. The molecule has 4 heteroatoms. The number of carbonyl (C=O) groups is 1. The molecule has 1 rings (SSSR count). The Bertz CT molecular complexity index is 204. The van der Waals surface area contributed by atoms with Crippen molar-refractivity contribution in [1.82, 2.24) is 5.32 Å². The third kappa shape index (κ3) is 3.90. The zero-order valence-electron chi connectivity index (χ0n) is 7.58. The first-order valence-corrected chi connectivity index (χ1v) is 4.54. The Morgan fingerprint density at radius 3 is 2.85 bits per heavy atom. The Morgan fingerprint density at radius 2 is 2.23 bits per heavy atom. The summed E-state index contributed by atoms with van der Waals surface area (Å²) in [5, 5.41) is 10.8. The van der Waals surface area contributed by atoms with Gasteiger partial charge in [-0.2, -0.15) is 5.26 Å². The third-order valence-electron chi connectivity index (χ3n) is 2.18. The fourth-order valence-electron chi connectivity index (χ4n) is 1.42. The van der Waals surface area contributed by atoms with E-state index in [-0.39, 0.29) is 12.5 Å². The number of amides is 1. The molecule has 1 N–H and O–H groups in total. The van der Waals surface area contributed by atoms with Gasteiger partial charge in [0.15, 0.2) is 0 Å². The second-order valence-electron chi connectivity index (χ2n) is 3.19. The van der Waals surface area contributed by atoms with Gasteiger partial charge in [-0.15, -0.1) is 0 Å². The Morgan fingerprint density at radius 1 is 1.54 bits per heavy atom. The maximum atomic E-state index is 11.2. The van der Waals surface area contributed by atoms with Crippen molar-refractivity contribution in [2.75, 3.05) is 19.8 Å². The molecule has 1 aliphatic heterocycles. The van der Waals surface area contributed by atoms with Gasteiger partial charge in [-0.25, -0.2) is 0 Å². The van der Waals surface area contributed by atoms with Crippen LogP contribution in [0.3, 0.4) is 0 Å². The summed E-state index contributed by atoms with van der Waals surface area (Å²) in [5.41, 5.74) is 0. The van der Waals surface area contributed by atoms with Crippen LogP contribution < -0.4 is 5.32 Å². The second-order valence-corrected chi connectivity index (χ2v) is 3.19. The first-order chi connectivity index (χ1) is 6.33. The number of nitrogens with zero attached hydrogens (tertiary/aromatic N) is 1. The van der Waals surface area contributed by atoms with Crippen molar-refractivity contribution >= 4 is 5.91 Å². The van der Waals surface area contributed by atoms with E-state index in [0.717, 1.165) is 26.1 Å². The SMILES string of the molecule is N#CCNC(=O)CC1CCOCC1. The number of hydrogen-bond acceptors (Lipinski definition) is 3. The van der Waals surface area contributed by atoms with Gasteiger partial charge in [0.1, 0.15) is 6.54 Å². The zero-order chi connectivity index (χ0) is 9.52. The van der Waals surface area contributed by atoms with Crippen molar-refractivity contribution in [3.8, 4) is 6.07 Å². The van der Waals surface area contributed by atoms with Gasteiger partial charge in [0, 0.05) is 19.6 Å². The molecule has 0 saturated carbocycles. The third-order valence-corrected chi connectivity index (χ3v) is 2.18. The molecule has 1 saturated heterocycles. The first kappa shape index (κ1) is 10.0. The zero-order valence-corrected chi connectivity index (χ0v) is 7.58. The van der Waals surface area contributed by atoms with Gasteiger partial charge in [-0.3, -0.25) is 4.79 Å². The molecule has 0 unspecified atom stereocenters. The van der Waals surface area contributed by atoms with Gasteiger partial charge in [0.2, 0.25) is 5.91 Å². The largest absolute Gasteiger partial charge is 0.381 e. The molecule has 1 heterocycles. The Kier molecular flexibility index (Phi) is 4.27. The summed E-state index contributed by atoms with van der Waals surface area (Å²) in [5.74, 6) is 0.417. The van der Waals surface area contributed by atoms with E-state index in [9.17, 15) is 4.79 Å². The van der Waals surface area contributed by atoms with Crippen LogP contribution in [0.4, 0.5) is 0 Å². The summed E-state index contributed by atoms with van der Waals surface area (Å²) in [7, 11) is 0. The van der Waals surface area contributed by atoms with Gasteiger partial charge < -0.3 is 10.1 Å². The number of carbonyl (C=O) groups excluding carboxylic acids is 1. The van der Waals surface area contributed by atoms with Crippen LogP contribution in [0.25, 0.3) is 0 Å². The number of nitrogens with one attached hydrogen (secondary N) is 1. The Hall–Kier alpha value is -1.08. The van der Waals surface area contributed by atoms with Gasteiger partial charge in [0.05, 0.1) is 6.07 Å². The molecule has 13 heavy (non-hydrogen) atoms. The van der Waals surface area contributed by atoms with Gasteiger partial charge in [0.25, 0.3) is 0 Å². The van der Waals surface area contributed by atoms with Crippen LogP contribution in [0.15, 0.2) is 0 Å². The minimum Gasteiger partial charge on any atom is -0.381 e. The minimum absolute atomic E-state index is 0.0200. The van der Waals surface area contributed by atoms with E-state index in [4.69, 9.17) is 10.00 Å². The molecule has 0 spiro atoms. The van der Waals surface area contributed by atoms with Crippen LogP contribution in [-0.4, -0.2) is 25.7 Å². The molecule has 0 aromatic heterocycles. The second kappa shape index (κ2) is 5.55. The van der Waals surface area contributed by atoms with Crippen LogP contribution in [0.2, 0.25) is 0 Å².